The molecule has 33 heavy (non-hydrogen) atoms. The van der Waals surface area contributed by atoms with Crippen molar-refractivity contribution in [2.75, 3.05) is 24.9 Å². The Morgan fingerprint density at radius 3 is 2.64 bits per heavy atom. The predicted octanol–water partition coefficient (Wildman–Crippen LogP) is 3.47. The highest BCUT2D eigenvalue weighted by Crippen LogP contribution is 2.60. The lowest BCUT2D eigenvalue weighted by molar-refractivity contribution is -0.145. The monoisotopic (exact) mass is 514 g/mol. The van der Waals surface area contributed by atoms with E-state index in [1.54, 1.807) is 49.6 Å². The third kappa shape index (κ3) is 3.64. The van der Waals surface area contributed by atoms with E-state index in [1.165, 1.54) is 7.11 Å². The number of alkyl halides is 1. The molecule has 0 radical (unpaired) electrons. The minimum atomic E-state index is -0.441. The van der Waals surface area contributed by atoms with Crippen LogP contribution in [0.4, 0.5) is 11.4 Å². The summed E-state index contributed by atoms with van der Waals surface area (Å²) in [6.07, 6.45) is 0.678. The molecule has 2 aromatic rings. The molecule has 8 nitrogen and oxygen atoms in total. The van der Waals surface area contributed by atoms with E-state index in [0.717, 1.165) is 6.42 Å². The van der Waals surface area contributed by atoms with E-state index in [4.69, 9.17) is 14.2 Å². The quantitative estimate of drug-likeness (QED) is 0.451. The molecule has 2 saturated carbocycles. The van der Waals surface area contributed by atoms with Crippen molar-refractivity contribution in [3.05, 3.63) is 48.0 Å². The smallest absolute Gasteiger partial charge is 0.310 e. The first-order chi connectivity index (χ1) is 15.9. The lowest BCUT2D eigenvalue weighted by atomic mass is 9.79. The van der Waals surface area contributed by atoms with Gasteiger partial charge in [-0.15, -0.1) is 0 Å². The van der Waals surface area contributed by atoms with Crippen LogP contribution in [0.2, 0.25) is 0 Å². The summed E-state index contributed by atoms with van der Waals surface area (Å²) in [6, 6.07) is 11.8. The van der Waals surface area contributed by atoms with Crippen LogP contribution in [-0.2, 0) is 14.3 Å². The van der Waals surface area contributed by atoms with Gasteiger partial charge in [0.05, 0.1) is 36.6 Å². The Morgan fingerprint density at radius 2 is 1.88 bits per heavy atom. The Balaban J connectivity index is 1.31. The van der Waals surface area contributed by atoms with Gasteiger partial charge in [0.1, 0.15) is 17.6 Å². The summed E-state index contributed by atoms with van der Waals surface area (Å²) in [4.78, 5) is 38.3. The first kappa shape index (κ1) is 21.8. The van der Waals surface area contributed by atoms with Gasteiger partial charge >= 0.3 is 5.97 Å². The van der Waals surface area contributed by atoms with E-state index in [9.17, 15) is 14.4 Å². The van der Waals surface area contributed by atoms with Crippen LogP contribution in [0.3, 0.4) is 0 Å². The molecular weight excluding hydrogens is 492 g/mol. The van der Waals surface area contributed by atoms with Crippen LogP contribution >= 0.6 is 15.9 Å². The fraction of sp³-hybridized carbons (Fsp3) is 0.375. The predicted molar refractivity (Wildman–Crippen MR) is 124 cm³/mol. The summed E-state index contributed by atoms with van der Waals surface area (Å²) in [7, 11) is 3.06. The Labute approximate surface area is 199 Å². The Morgan fingerprint density at radius 1 is 1.06 bits per heavy atom. The molecule has 0 unspecified atom stereocenters. The van der Waals surface area contributed by atoms with Crippen LogP contribution in [-0.4, -0.2) is 42.9 Å². The Bertz CT molecular complexity index is 1140. The Hall–Kier alpha value is -3.07. The molecule has 2 aromatic carbocycles. The Kier molecular flexibility index (Phi) is 5.52. The molecule has 2 bridgehead atoms. The molecule has 3 aliphatic rings. The number of anilines is 2. The number of esters is 1. The van der Waals surface area contributed by atoms with Crippen LogP contribution in [0.15, 0.2) is 42.5 Å². The van der Waals surface area contributed by atoms with Crippen molar-refractivity contribution in [3.63, 3.8) is 0 Å². The summed E-state index contributed by atoms with van der Waals surface area (Å²) in [5.74, 6) is -0.464. The summed E-state index contributed by atoms with van der Waals surface area (Å²) in [5.41, 5.74) is 1.32. The zero-order valence-electron chi connectivity index (χ0n) is 18.0. The minimum Gasteiger partial charge on any atom is -0.497 e. The molecular formula is C24H23BrN2O6. The van der Waals surface area contributed by atoms with Crippen molar-refractivity contribution in [1.82, 2.24) is 0 Å². The molecule has 2 N–H and O–H groups in total. The van der Waals surface area contributed by atoms with E-state index >= 15 is 0 Å². The lowest BCUT2D eigenvalue weighted by Crippen LogP contribution is -2.40. The van der Waals surface area contributed by atoms with Crippen molar-refractivity contribution in [1.29, 1.82) is 0 Å². The van der Waals surface area contributed by atoms with E-state index in [2.05, 4.69) is 26.6 Å². The highest BCUT2D eigenvalue weighted by atomic mass is 79.9. The van der Waals surface area contributed by atoms with Crippen molar-refractivity contribution in [3.8, 4) is 11.5 Å². The molecule has 172 valence electrons. The van der Waals surface area contributed by atoms with E-state index in [-0.39, 0.29) is 46.5 Å². The molecule has 3 fully saturated rings. The second kappa shape index (κ2) is 8.37. The number of nitrogens with one attached hydrogen (secondary N) is 2. The van der Waals surface area contributed by atoms with E-state index in [1.807, 2.05) is 0 Å². The first-order valence-corrected chi connectivity index (χ1v) is 11.6. The molecule has 1 saturated heterocycles. The number of hydrogen-bond acceptors (Lipinski definition) is 6. The first-order valence-electron chi connectivity index (χ1n) is 10.7. The van der Waals surface area contributed by atoms with Gasteiger partial charge in [-0.3, -0.25) is 14.4 Å². The number of amides is 2. The van der Waals surface area contributed by atoms with Gasteiger partial charge in [0.25, 0.3) is 5.91 Å². The van der Waals surface area contributed by atoms with Crippen LogP contribution in [0, 0.1) is 23.7 Å². The van der Waals surface area contributed by atoms with Crippen LogP contribution in [0.1, 0.15) is 16.8 Å². The number of ether oxygens (including phenoxy) is 3. The zero-order chi connectivity index (χ0) is 23.3. The SMILES string of the molecule is COc1ccc(OC)c(NC(=O)c2cccc(NC(=O)[C@@H]3[C@H]4C[C@H]5[C@H](OC(=O)[C@H]53)[C@H]4Br)c2)c1. The van der Waals surface area contributed by atoms with Gasteiger partial charge in [0.2, 0.25) is 5.91 Å². The summed E-state index contributed by atoms with van der Waals surface area (Å²) in [5, 5.41) is 5.72. The number of methoxy groups -OCH3 is 2. The molecule has 5 rings (SSSR count). The second-order valence-electron chi connectivity index (χ2n) is 8.55. The fourth-order valence-corrected chi connectivity index (χ4v) is 6.45. The van der Waals surface area contributed by atoms with Crippen molar-refractivity contribution in [2.24, 2.45) is 23.7 Å². The topological polar surface area (TPSA) is 103 Å². The number of carbonyl (C=O) groups is 3. The number of hydrogen-bond donors (Lipinski definition) is 2. The summed E-state index contributed by atoms with van der Waals surface area (Å²) in [6.45, 7) is 0. The number of fused-ring (bicyclic) bond motifs is 1. The van der Waals surface area contributed by atoms with Crippen LogP contribution < -0.4 is 20.1 Å². The average molecular weight is 515 g/mol. The van der Waals surface area contributed by atoms with Gasteiger partial charge in [0.15, 0.2) is 0 Å². The van der Waals surface area contributed by atoms with Crippen LogP contribution in [0.25, 0.3) is 0 Å². The van der Waals surface area contributed by atoms with E-state index in [0.29, 0.717) is 28.4 Å². The third-order valence-corrected chi connectivity index (χ3v) is 8.07. The van der Waals surface area contributed by atoms with Crippen molar-refractivity contribution in [2.45, 2.75) is 17.4 Å². The van der Waals surface area contributed by atoms with Gasteiger partial charge in [-0.05, 0) is 42.7 Å². The van der Waals surface area contributed by atoms with Gasteiger partial charge in [-0.2, -0.15) is 0 Å². The van der Waals surface area contributed by atoms with Gasteiger partial charge in [-0.25, -0.2) is 0 Å². The average Bonchev–Trinajstić information content (AvgIpc) is 3.43. The standard InChI is InChI=1S/C24H23BrN2O6/c1-31-13-6-7-17(32-2)16(9-13)27-22(28)11-4-3-5-12(8-11)26-23(29)18-14-10-15-19(18)24(30)33-21(15)20(14)25/h3-9,14-15,18-21H,10H2,1-2H3,(H,26,29)(H,27,28)/t14-,15-,18-,19-,20+,21+/m1/s1. The summed E-state index contributed by atoms with van der Waals surface area (Å²) < 4.78 is 16.0. The molecule has 1 aliphatic heterocycles. The van der Waals surface area contributed by atoms with Gasteiger partial charge in [-0.1, -0.05) is 22.0 Å². The minimum absolute atomic E-state index is 0.00379. The fourth-order valence-electron chi connectivity index (χ4n) is 5.40. The maximum absolute atomic E-state index is 13.1. The lowest BCUT2D eigenvalue weighted by Gasteiger charge is -2.27. The number of benzene rings is 2. The number of rotatable bonds is 6. The maximum Gasteiger partial charge on any atom is 0.310 e. The molecule has 2 aliphatic carbocycles. The van der Waals surface area contributed by atoms with Crippen molar-refractivity contribution < 1.29 is 28.6 Å². The maximum atomic E-state index is 13.1. The second-order valence-corrected chi connectivity index (χ2v) is 9.61. The van der Waals surface area contributed by atoms with Crippen molar-refractivity contribution >= 4 is 45.1 Å². The highest BCUT2D eigenvalue weighted by Gasteiger charge is 2.67. The van der Waals surface area contributed by atoms with Gasteiger partial charge in [0, 0.05) is 23.2 Å². The molecule has 9 heteroatoms. The molecule has 0 spiro atoms. The van der Waals surface area contributed by atoms with Gasteiger partial charge < -0.3 is 24.8 Å². The van der Waals surface area contributed by atoms with E-state index < -0.39 is 5.92 Å². The number of carbonyl (C=O) groups excluding carboxylic acids is 3. The largest absolute Gasteiger partial charge is 0.497 e. The van der Waals surface area contributed by atoms with Crippen LogP contribution in [0.5, 0.6) is 11.5 Å². The normalized spacial score (nSPS) is 28.9. The third-order valence-electron chi connectivity index (χ3n) is 6.87. The highest BCUT2D eigenvalue weighted by molar-refractivity contribution is 9.09. The summed E-state index contributed by atoms with van der Waals surface area (Å²) >= 11 is 3.63. The molecule has 1 heterocycles. The molecule has 2 amide bonds. The number of halogens is 1. The molecule has 6 atom stereocenters. The zero-order valence-corrected chi connectivity index (χ0v) is 19.6. The molecule has 0 aromatic heterocycles.